The third-order valence-electron chi connectivity index (χ3n) is 5.04. The molecule has 1 atom stereocenters. The Labute approximate surface area is 175 Å². The first-order valence-electron chi connectivity index (χ1n) is 10.1. The fourth-order valence-electron chi connectivity index (χ4n) is 3.75. The minimum absolute atomic E-state index is 0.312. The van der Waals surface area contributed by atoms with Crippen molar-refractivity contribution in [3.63, 3.8) is 0 Å². The van der Waals surface area contributed by atoms with E-state index in [9.17, 15) is 13.2 Å². The zero-order valence-corrected chi connectivity index (χ0v) is 19.1. The number of nitrogens with zero attached hydrogens (tertiary/aromatic N) is 1. The Balaban J connectivity index is 2.50. The summed E-state index contributed by atoms with van der Waals surface area (Å²) >= 11 is 0. The molecule has 0 bridgehead atoms. The van der Waals surface area contributed by atoms with Crippen LogP contribution in [0.25, 0.3) is 0 Å². The maximum atomic E-state index is 13.3. The van der Waals surface area contributed by atoms with Gasteiger partial charge >= 0.3 is 0 Å². The molecule has 0 fully saturated rings. The van der Waals surface area contributed by atoms with Gasteiger partial charge in [-0.05, 0) is 67.5 Å². The lowest BCUT2D eigenvalue weighted by atomic mass is 10.0. The van der Waals surface area contributed by atoms with Gasteiger partial charge in [-0.2, -0.15) is 0 Å². The van der Waals surface area contributed by atoms with Crippen LogP contribution in [0.2, 0.25) is 0 Å². The number of hydrogen-bond donors (Lipinski definition) is 1. The monoisotopic (exact) mass is 416 g/mol. The van der Waals surface area contributed by atoms with Crippen molar-refractivity contribution in [3.8, 4) is 0 Å². The molecule has 6 heteroatoms. The van der Waals surface area contributed by atoms with Gasteiger partial charge in [-0.15, -0.1) is 0 Å². The average molecular weight is 417 g/mol. The molecule has 2 aromatic carbocycles. The average Bonchev–Trinajstić information content (AvgIpc) is 2.63. The molecule has 0 aliphatic heterocycles. The lowest BCUT2D eigenvalue weighted by Crippen LogP contribution is -2.47. The molecule has 1 N–H and O–H groups in total. The Morgan fingerprint density at radius 1 is 1.00 bits per heavy atom. The maximum Gasteiger partial charge on any atom is 0.248 e. The van der Waals surface area contributed by atoms with Crippen LogP contribution in [0, 0.1) is 13.8 Å². The Hall–Kier alpha value is -2.34. The van der Waals surface area contributed by atoms with Gasteiger partial charge in [0.1, 0.15) is 6.04 Å². The number of carbonyl (C=O) groups excluding carboxylic acids is 1. The molecule has 29 heavy (non-hydrogen) atoms. The SMILES string of the molecule is CCc1cccc(CC)c1NC(=O)C(CC)N(c1cc(C)cc(C)c1)S(C)(=O)=O. The van der Waals surface area contributed by atoms with Gasteiger partial charge in [0.25, 0.3) is 0 Å². The Morgan fingerprint density at radius 2 is 1.52 bits per heavy atom. The number of para-hydroxylation sites is 1. The van der Waals surface area contributed by atoms with Gasteiger partial charge in [-0.3, -0.25) is 9.10 Å². The van der Waals surface area contributed by atoms with E-state index in [1.807, 2.05) is 58.9 Å². The number of rotatable bonds is 8. The summed E-state index contributed by atoms with van der Waals surface area (Å²) in [5.41, 5.74) is 5.32. The number of amides is 1. The standard InChI is InChI=1S/C23H32N2O3S/c1-7-18-11-10-12-19(8-2)22(18)24-23(26)21(9-3)25(29(6,27)28)20-14-16(4)13-17(5)15-20/h10-15,21H,7-9H2,1-6H3,(H,24,26). The van der Waals surface area contributed by atoms with Crippen LogP contribution in [0.3, 0.4) is 0 Å². The summed E-state index contributed by atoms with van der Waals surface area (Å²) in [5, 5.41) is 3.04. The molecule has 0 aliphatic rings. The summed E-state index contributed by atoms with van der Waals surface area (Å²) in [7, 11) is -3.66. The first kappa shape index (κ1) is 22.9. The van der Waals surface area contributed by atoms with Crippen molar-refractivity contribution in [1.82, 2.24) is 0 Å². The van der Waals surface area contributed by atoms with Crippen LogP contribution in [0.4, 0.5) is 11.4 Å². The van der Waals surface area contributed by atoms with Gasteiger partial charge in [-0.25, -0.2) is 8.42 Å². The third kappa shape index (κ3) is 5.38. The van der Waals surface area contributed by atoms with E-state index in [0.29, 0.717) is 12.1 Å². The molecule has 0 aromatic heterocycles. The van der Waals surface area contributed by atoms with E-state index in [1.54, 1.807) is 12.1 Å². The van der Waals surface area contributed by atoms with Crippen LogP contribution in [-0.2, 0) is 27.7 Å². The second kappa shape index (κ2) is 9.44. The van der Waals surface area contributed by atoms with Gasteiger partial charge in [0.15, 0.2) is 0 Å². The second-order valence-corrected chi connectivity index (χ2v) is 9.34. The number of nitrogens with one attached hydrogen (secondary N) is 1. The van der Waals surface area contributed by atoms with E-state index in [0.717, 1.165) is 47.0 Å². The fraction of sp³-hybridized carbons (Fsp3) is 0.435. The minimum atomic E-state index is -3.66. The summed E-state index contributed by atoms with van der Waals surface area (Å²) in [6.07, 6.45) is 3.08. The second-order valence-electron chi connectivity index (χ2n) is 7.48. The number of hydrogen-bond acceptors (Lipinski definition) is 3. The van der Waals surface area contributed by atoms with Crippen molar-refractivity contribution in [2.45, 2.75) is 59.9 Å². The van der Waals surface area contributed by atoms with Crippen LogP contribution in [0.1, 0.15) is 49.4 Å². The Kier molecular flexibility index (Phi) is 7.47. The van der Waals surface area contributed by atoms with Crippen LogP contribution in [0.5, 0.6) is 0 Å². The van der Waals surface area contributed by atoms with Crippen molar-refractivity contribution in [1.29, 1.82) is 0 Å². The predicted molar refractivity (Wildman–Crippen MR) is 121 cm³/mol. The number of aryl methyl sites for hydroxylation is 4. The number of sulfonamides is 1. The fourth-order valence-corrected chi connectivity index (χ4v) is 4.94. The first-order valence-corrected chi connectivity index (χ1v) is 12.0. The first-order chi connectivity index (χ1) is 13.6. The Morgan fingerprint density at radius 3 is 1.93 bits per heavy atom. The topological polar surface area (TPSA) is 66.5 Å². The summed E-state index contributed by atoms with van der Waals surface area (Å²) in [5.74, 6) is -0.312. The highest BCUT2D eigenvalue weighted by Gasteiger charge is 2.32. The molecule has 0 saturated carbocycles. The number of anilines is 2. The van der Waals surface area contributed by atoms with E-state index >= 15 is 0 Å². The maximum absolute atomic E-state index is 13.3. The summed E-state index contributed by atoms with van der Waals surface area (Å²) in [6, 6.07) is 10.7. The van der Waals surface area contributed by atoms with E-state index in [-0.39, 0.29) is 5.91 Å². The van der Waals surface area contributed by atoms with Crippen molar-refractivity contribution < 1.29 is 13.2 Å². The van der Waals surface area contributed by atoms with Crippen molar-refractivity contribution >= 4 is 27.3 Å². The largest absolute Gasteiger partial charge is 0.324 e. The quantitative estimate of drug-likeness (QED) is 0.683. The number of carbonyl (C=O) groups is 1. The Bertz CT molecular complexity index is 941. The van der Waals surface area contributed by atoms with Crippen molar-refractivity contribution in [3.05, 3.63) is 58.7 Å². The van der Waals surface area contributed by atoms with Gasteiger partial charge in [0.2, 0.25) is 15.9 Å². The van der Waals surface area contributed by atoms with Crippen LogP contribution in [0.15, 0.2) is 36.4 Å². The normalized spacial score (nSPS) is 12.5. The van der Waals surface area contributed by atoms with Gasteiger partial charge in [-0.1, -0.05) is 45.0 Å². The predicted octanol–water partition coefficient (Wildman–Crippen LogP) is 4.61. The van der Waals surface area contributed by atoms with E-state index in [2.05, 4.69) is 5.32 Å². The molecule has 0 saturated heterocycles. The zero-order valence-electron chi connectivity index (χ0n) is 18.2. The van der Waals surface area contributed by atoms with Crippen LogP contribution < -0.4 is 9.62 Å². The highest BCUT2D eigenvalue weighted by atomic mass is 32.2. The smallest absolute Gasteiger partial charge is 0.248 e. The molecule has 0 heterocycles. The molecule has 2 rings (SSSR count). The van der Waals surface area contributed by atoms with Gasteiger partial charge in [0, 0.05) is 5.69 Å². The molecule has 2 aromatic rings. The van der Waals surface area contributed by atoms with E-state index < -0.39 is 16.1 Å². The molecular weight excluding hydrogens is 384 g/mol. The lowest BCUT2D eigenvalue weighted by Gasteiger charge is -2.31. The van der Waals surface area contributed by atoms with Crippen molar-refractivity contribution in [2.24, 2.45) is 0 Å². The highest BCUT2D eigenvalue weighted by molar-refractivity contribution is 7.92. The third-order valence-corrected chi connectivity index (χ3v) is 6.22. The van der Waals surface area contributed by atoms with Gasteiger partial charge < -0.3 is 5.32 Å². The summed E-state index contributed by atoms with van der Waals surface area (Å²) < 4.78 is 26.7. The zero-order chi connectivity index (χ0) is 21.8. The van der Waals surface area contributed by atoms with E-state index in [4.69, 9.17) is 0 Å². The van der Waals surface area contributed by atoms with E-state index in [1.165, 1.54) is 4.31 Å². The molecule has 1 unspecified atom stereocenters. The lowest BCUT2D eigenvalue weighted by molar-refractivity contribution is -0.117. The molecule has 1 amide bonds. The molecular formula is C23H32N2O3S. The van der Waals surface area contributed by atoms with Crippen LogP contribution >= 0.6 is 0 Å². The summed E-state index contributed by atoms with van der Waals surface area (Å²) in [4.78, 5) is 13.3. The minimum Gasteiger partial charge on any atom is -0.324 e. The van der Waals surface area contributed by atoms with Crippen LogP contribution in [-0.4, -0.2) is 26.6 Å². The highest BCUT2D eigenvalue weighted by Crippen LogP contribution is 2.27. The molecule has 158 valence electrons. The molecule has 0 aliphatic carbocycles. The summed E-state index contributed by atoms with van der Waals surface area (Å²) in [6.45, 7) is 9.75. The number of benzene rings is 2. The molecule has 0 spiro atoms. The van der Waals surface area contributed by atoms with Gasteiger partial charge in [0.05, 0.1) is 11.9 Å². The molecule has 0 radical (unpaired) electrons. The van der Waals surface area contributed by atoms with Crippen molar-refractivity contribution in [2.75, 3.05) is 15.9 Å². The molecule has 5 nitrogen and oxygen atoms in total.